The number of aromatic nitrogens is 2. The maximum absolute atomic E-state index is 5.97. The third kappa shape index (κ3) is 4.35. The van der Waals surface area contributed by atoms with Crippen molar-refractivity contribution in [3.63, 3.8) is 0 Å². The van der Waals surface area contributed by atoms with Crippen molar-refractivity contribution in [2.24, 2.45) is 5.10 Å². The van der Waals surface area contributed by atoms with E-state index in [0.717, 1.165) is 30.2 Å². The van der Waals surface area contributed by atoms with Gasteiger partial charge in [-0.1, -0.05) is 31.9 Å². The summed E-state index contributed by atoms with van der Waals surface area (Å²) in [5.74, 6) is 1.65. The summed E-state index contributed by atoms with van der Waals surface area (Å²) in [7, 11) is 3.81. The predicted octanol–water partition coefficient (Wildman–Crippen LogP) is 3.22. The number of para-hydroxylation sites is 1. The molecule has 0 atom stereocenters. The second kappa shape index (κ2) is 8.22. The number of imidazole rings is 1. The highest BCUT2D eigenvalue weighted by molar-refractivity contribution is 6.02. The number of rotatable bonds is 7. The van der Waals surface area contributed by atoms with Crippen molar-refractivity contribution in [2.75, 3.05) is 20.7 Å². The van der Waals surface area contributed by atoms with Crippen molar-refractivity contribution in [3.8, 4) is 5.75 Å². The van der Waals surface area contributed by atoms with Gasteiger partial charge in [0.15, 0.2) is 5.84 Å². The number of benzene rings is 1. The van der Waals surface area contributed by atoms with E-state index in [1.165, 1.54) is 12.8 Å². The van der Waals surface area contributed by atoms with Gasteiger partial charge < -0.3 is 9.75 Å². The topological polar surface area (TPSA) is 42.6 Å². The first kappa shape index (κ1) is 16.1. The number of hydrogen-bond donors (Lipinski definition) is 0. The molecule has 2 rings (SSSR count). The largest absolute Gasteiger partial charge is 0.493 e. The van der Waals surface area contributed by atoms with Crippen LogP contribution in [0, 0.1) is 0 Å². The molecule has 1 aromatic heterocycles. The lowest BCUT2D eigenvalue weighted by Crippen LogP contribution is -2.18. The molecule has 0 saturated heterocycles. The standard InChI is InChI=1S/C17H24N4O/c1-4-5-8-13-22-16-10-7-6-9-15(16)17(19-20(2)3)21-12-11-18-14-21/h6-7,9-12,14H,4-5,8,13H2,1-3H3. The van der Waals surface area contributed by atoms with Crippen molar-refractivity contribution in [3.05, 3.63) is 48.5 Å². The number of unbranched alkanes of at least 4 members (excludes halogenated alkanes) is 2. The van der Waals surface area contributed by atoms with E-state index in [0.29, 0.717) is 0 Å². The first-order valence-electron chi connectivity index (χ1n) is 7.69. The van der Waals surface area contributed by atoms with Crippen molar-refractivity contribution in [1.82, 2.24) is 14.6 Å². The number of hydrogen-bond acceptors (Lipinski definition) is 4. The van der Waals surface area contributed by atoms with Crippen molar-refractivity contribution in [1.29, 1.82) is 0 Å². The van der Waals surface area contributed by atoms with E-state index in [4.69, 9.17) is 4.74 Å². The van der Waals surface area contributed by atoms with E-state index in [1.54, 1.807) is 17.5 Å². The molecular formula is C17H24N4O. The molecule has 0 radical (unpaired) electrons. The third-order valence-corrected chi connectivity index (χ3v) is 3.18. The van der Waals surface area contributed by atoms with Crippen LogP contribution in [0.5, 0.6) is 5.75 Å². The summed E-state index contributed by atoms with van der Waals surface area (Å²) >= 11 is 0. The van der Waals surface area contributed by atoms with E-state index in [1.807, 2.05) is 49.1 Å². The van der Waals surface area contributed by atoms with Crippen molar-refractivity contribution in [2.45, 2.75) is 26.2 Å². The van der Waals surface area contributed by atoms with Crippen LogP contribution in [0.15, 0.2) is 48.1 Å². The van der Waals surface area contributed by atoms with Crippen LogP contribution in [0.1, 0.15) is 31.7 Å². The first-order valence-corrected chi connectivity index (χ1v) is 7.69. The molecule has 0 saturated carbocycles. The SMILES string of the molecule is CCCCCOc1ccccc1C(=NN(C)C)n1ccnc1. The molecule has 22 heavy (non-hydrogen) atoms. The highest BCUT2D eigenvalue weighted by Gasteiger charge is 2.12. The summed E-state index contributed by atoms with van der Waals surface area (Å²) in [5, 5.41) is 6.37. The maximum Gasteiger partial charge on any atom is 0.168 e. The van der Waals surface area contributed by atoms with Crippen LogP contribution in [0.25, 0.3) is 0 Å². The minimum Gasteiger partial charge on any atom is -0.493 e. The van der Waals surface area contributed by atoms with Gasteiger partial charge in [-0.25, -0.2) is 4.98 Å². The molecule has 5 nitrogen and oxygen atoms in total. The van der Waals surface area contributed by atoms with Crippen LogP contribution < -0.4 is 4.74 Å². The normalized spacial score (nSPS) is 11.5. The highest BCUT2D eigenvalue weighted by atomic mass is 16.5. The summed E-state index contributed by atoms with van der Waals surface area (Å²) in [6.07, 6.45) is 8.81. The molecular weight excluding hydrogens is 276 g/mol. The summed E-state index contributed by atoms with van der Waals surface area (Å²) in [6.45, 7) is 2.92. The average Bonchev–Trinajstić information content (AvgIpc) is 3.04. The van der Waals surface area contributed by atoms with Crippen LogP contribution in [0.4, 0.5) is 0 Å². The second-order valence-corrected chi connectivity index (χ2v) is 5.29. The van der Waals surface area contributed by atoms with E-state index in [-0.39, 0.29) is 0 Å². The summed E-state index contributed by atoms with van der Waals surface area (Å²) in [6, 6.07) is 8.00. The molecule has 0 aliphatic carbocycles. The molecule has 1 heterocycles. The highest BCUT2D eigenvalue weighted by Crippen LogP contribution is 2.20. The second-order valence-electron chi connectivity index (χ2n) is 5.29. The zero-order chi connectivity index (χ0) is 15.8. The Morgan fingerprint density at radius 3 is 2.77 bits per heavy atom. The summed E-state index contributed by atoms with van der Waals surface area (Å²) < 4.78 is 7.86. The Morgan fingerprint density at radius 1 is 1.27 bits per heavy atom. The quantitative estimate of drug-likeness (QED) is 0.341. The molecule has 0 N–H and O–H groups in total. The molecule has 118 valence electrons. The Labute approximate surface area is 132 Å². The lowest BCUT2D eigenvalue weighted by Gasteiger charge is -2.15. The van der Waals surface area contributed by atoms with Gasteiger partial charge in [0.25, 0.3) is 0 Å². The number of ether oxygens (including phenoxy) is 1. The fraction of sp³-hybridized carbons (Fsp3) is 0.412. The lowest BCUT2D eigenvalue weighted by molar-refractivity contribution is 0.305. The van der Waals surface area contributed by atoms with Gasteiger partial charge in [0.1, 0.15) is 12.1 Å². The molecule has 0 amide bonds. The van der Waals surface area contributed by atoms with Crippen molar-refractivity contribution >= 4 is 5.84 Å². The van der Waals surface area contributed by atoms with Crippen LogP contribution in [-0.2, 0) is 0 Å². The van der Waals surface area contributed by atoms with E-state index in [2.05, 4.69) is 17.0 Å². The minimum atomic E-state index is 0.726. The average molecular weight is 300 g/mol. The molecule has 0 aliphatic heterocycles. The van der Waals surface area contributed by atoms with E-state index < -0.39 is 0 Å². The number of hydrazone groups is 1. The Bertz CT molecular complexity index is 590. The Hall–Kier alpha value is -2.30. The van der Waals surface area contributed by atoms with Gasteiger partial charge >= 0.3 is 0 Å². The molecule has 0 unspecified atom stereocenters. The lowest BCUT2D eigenvalue weighted by atomic mass is 10.1. The van der Waals surface area contributed by atoms with Crippen LogP contribution in [0.3, 0.4) is 0 Å². The van der Waals surface area contributed by atoms with E-state index in [9.17, 15) is 0 Å². The van der Waals surface area contributed by atoms with Crippen LogP contribution in [0.2, 0.25) is 0 Å². The monoisotopic (exact) mass is 300 g/mol. The molecule has 0 fully saturated rings. The Balaban J connectivity index is 2.28. The summed E-state index contributed by atoms with van der Waals surface area (Å²) in [4.78, 5) is 4.11. The third-order valence-electron chi connectivity index (χ3n) is 3.18. The van der Waals surface area contributed by atoms with Gasteiger partial charge in [-0.05, 0) is 18.6 Å². The van der Waals surface area contributed by atoms with Gasteiger partial charge in [-0.3, -0.25) is 4.57 Å². The molecule has 0 bridgehead atoms. The van der Waals surface area contributed by atoms with Crippen LogP contribution in [-0.4, -0.2) is 41.1 Å². The molecule has 5 heteroatoms. The summed E-state index contributed by atoms with van der Waals surface area (Å²) in [5.41, 5.74) is 0.964. The molecule has 0 aliphatic rings. The fourth-order valence-electron chi connectivity index (χ4n) is 2.13. The zero-order valence-corrected chi connectivity index (χ0v) is 13.6. The van der Waals surface area contributed by atoms with Gasteiger partial charge in [-0.2, -0.15) is 5.10 Å². The smallest absolute Gasteiger partial charge is 0.168 e. The molecule has 0 spiro atoms. The van der Waals surface area contributed by atoms with Gasteiger partial charge in [-0.15, -0.1) is 0 Å². The Morgan fingerprint density at radius 2 is 2.09 bits per heavy atom. The minimum absolute atomic E-state index is 0.726. The Kier molecular flexibility index (Phi) is 6.01. The van der Waals surface area contributed by atoms with E-state index >= 15 is 0 Å². The fourth-order valence-corrected chi connectivity index (χ4v) is 2.13. The molecule has 2 aromatic rings. The number of nitrogens with zero attached hydrogens (tertiary/aromatic N) is 4. The molecule has 1 aromatic carbocycles. The van der Waals surface area contributed by atoms with Gasteiger partial charge in [0.05, 0.1) is 12.2 Å². The first-order chi connectivity index (χ1) is 10.7. The van der Waals surface area contributed by atoms with Crippen molar-refractivity contribution < 1.29 is 4.74 Å². The predicted molar refractivity (Wildman–Crippen MR) is 89.3 cm³/mol. The zero-order valence-electron chi connectivity index (χ0n) is 13.6. The van der Waals surface area contributed by atoms with Gasteiger partial charge in [0, 0.05) is 26.5 Å². The maximum atomic E-state index is 5.97. The van der Waals surface area contributed by atoms with Gasteiger partial charge in [0.2, 0.25) is 0 Å². The van der Waals surface area contributed by atoms with Crippen LogP contribution >= 0.6 is 0 Å².